The number of benzene rings is 1. The van der Waals surface area contributed by atoms with Crippen molar-refractivity contribution in [1.29, 1.82) is 0 Å². The summed E-state index contributed by atoms with van der Waals surface area (Å²) in [6, 6.07) is 5.97. The van der Waals surface area contributed by atoms with Crippen molar-refractivity contribution >= 4 is 27.3 Å². The van der Waals surface area contributed by atoms with Gasteiger partial charge in [0.2, 0.25) is 0 Å². The lowest BCUT2D eigenvalue weighted by molar-refractivity contribution is -0.0250. The molecule has 0 bridgehead atoms. The predicted molar refractivity (Wildman–Crippen MR) is 70.9 cm³/mol. The lowest BCUT2D eigenvalue weighted by atomic mass is 10.2. The van der Waals surface area contributed by atoms with Crippen LogP contribution in [0.2, 0.25) is 0 Å². The first-order chi connectivity index (χ1) is 8.21. The fourth-order valence-electron chi connectivity index (χ4n) is 2.02. The molecule has 0 amide bonds. The minimum atomic E-state index is -0.244. The summed E-state index contributed by atoms with van der Waals surface area (Å²) in [5, 5.41) is 3.27. The van der Waals surface area contributed by atoms with Gasteiger partial charge in [0.25, 0.3) is 0 Å². The van der Waals surface area contributed by atoms with Crippen molar-refractivity contribution in [1.82, 2.24) is 0 Å². The van der Waals surface area contributed by atoms with Crippen LogP contribution in [0, 0.1) is 0 Å². The predicted octanol–water partition coefficient (Wildman–Crippen LogP) is 1.54. The molecular formula is C11H16BrN3O2. The van der Waals surface area contributed by atoms with Crippen molar-refractivity contribution in [3.8, 4) is 0 Å². The molecule has 1 aliphatic heterocycles. The van der Waals surface area contributed by atoms with Crippen LogP contribution in [0.1, 0.15) is 0 Å². The highest BCUT2D eigenvalue weighted by Crippen LogP contribution is 2.35. The molecule has 6 heteroatoms. The van der Waals surface area contributed by atoms with Crippen LogP contribution < -0.4 is 16.0 Å². The Morgan fingerprint density at radius 3 is 2.76 bits per heavy atom. The van der Waals surface area contributed by atoms with Crippen molar-refractivity contribution in [2.45, 2.75) is 12.5 Å². The Morgan fingerprint density at radius 2 is 2.18 bits per heavy atom. The number of halogens is 1. The first-order valence-electron chi connectivity index (χ1n) is 5.29. The van der Waals surface area contributed by atoms with E-state index in [9.17, 15) is 0 Å². The fraction of sp³-hybridized carbons (Fsp3) is 0.455. The Hall–Kier alpha value is -0.820. The Morgan fingerprint density at radius 1 is 1.41 bits per heavy atom. The summed E-state index contributed by atoms with van der Waals surface area (Å²) in [6.45, 7) is 0.365. The zero-order chi connectivity index (χ0) is 12.4. The highest BCUT2D eigenvalue weighted by molar-refractivity contribution is 9.10. The number of nitrogens with one attached hydrogen (secondary N) is 1. The largest absolute Gasteiger partial charge is 0.357 e. The first kappa shape index (κ1) is 12.6. The lowest BCUT2D eigenvalue weighted by Gasteiger charge is -2.41. The lowest BCUT2D eigenvalue weighted by Crippen LogP contribution is -2.54. The van der Waals surface area contributed by atoms with Crippen LogP contribution in [-0.2, 0) is 9.47 Å². The molecule has 0 saturated heterocycles. The van der Waals surface area contributed by atoms with Crippen LogP contribution >= 0.6 is 15.9 Å². The van der Waals surface area contributed by atoms with Crippen molar-refractivity contribution in [2.24, 2.45) is 5.73 Å². The van der Waals surface area contributed by atoms with Crippen LogP contribution in [0.5, 0.6) is 0 Å². The molecule has 2 rings (SSSR count). The molecular weight excluding hydrogens is 286 g/mol. The van der Waals surface area contributed by atoms with Gasteiger partial charge in [0.15, 0.2) is 12.5 Å². The minimum Gasteiger partial charge on any atom is -0.357 e. The zero-order valence-electron chi connectivity index (χ0n) is 9.81. The summed E-state index contributed by atoms with van der Waals surface area (Å²) in [6.07, 6.45) is -0.482. The second kappa shape index (κ2) is 5.22. The molecule has 94 valence electrons. The van der Waals surface area contributed by atoms with E-state index in [0.29, 0.717) is 6.67 Å². The number of anilines is 2. The molecule has 0 spiro atoms. The van der Waals surface area contributed by atoms with Gasteiger partial charge in [0.1, 0.15) is 0 Å². The molecule has 2 atom stereocenters. The van der Waals surface area contributed by atoms with Gasteiger partial charge in [-0.2, -0.15) is 0 Å². The van der Waals surface area contributed by atoms with Crippen molar-refractivity contribution in [2.75, 3.05) is 31.1 Å². The molecule has 2 unspecified atom stereocenters. The number of rotatable bonds is 3. The van der Waals surface area contributed by atoms with E-state index in [2.05, 4.69) is 21.2 Å². The van der Waals surface area contributed by atoms with E-state index >= 15 is 0 Å². The van der Waals surface area contributed by atoms with Gasteiger partial charge in [-0.3, -0.25) is 0 Å². The Balaban J connectivity index is 2.43. The van der Waals surface area contributed by atoms with E-state index in [1.165, 1.54) is 0 Å². The van der Waals surface area contributed by atoms with E-state index < -0.39 is 0 Å². The Bertz CT molecular complexity index is 402. The zero-order valence-corrected chi connectivity index (χ0v) is 11.4. The molecule has 0 fully saturated rings. The third-order valence-corrected chi connectivity index (χ3v) is 3.32. The molecule has 1 aliphatic rings. The maximum atomic E-state index is 5.80. The molecule has 1 aromatic rings. The van der Waals surface area contributed by atoms with Crippen LogP contribution in [0.4, 0.5) is 11.4 Å². The van der Waals surface area contributed by atoms with Gasteiger partial charge in [0, 0.05) is 18.7 Å². The monoisotopic (exact) mass is 301 g/mol. The quantitative estimate of drug-likeness (QED) is 0.887. The number of nitrogens with two attached hydrogens (primary N) is 1. The van der Waals surface area contributed by atoms with E-state index in [-0.39, 0.29) is 12.5 Å². The van der Waals surface area contributed by atoms with Gasteiger partial charge < -0.3 is 25.4 Å². The maximum Gasteiger partial charge on any atom is 0.176 e. The third kappa shape index (κ3) is 2.26. The number of methoxy groups -OCH3 is 2. The van der Waals surface area contributed by atoms with Gasteiger partial charge in [-0.05, 0) is 18.2 Å². The topological polar surface area (TPSA) is 59.8 Å². The molecule has 1 heterocycles. The average molecular weight is 302 g/mol. The van der Waals surface area contributed by atoms with Crippen LogP contribution in [0.25, 0.3) is 0 Å². The molecule has 0 saturated carbocycles. The van der Waals surface area contributed by atoms with Crippen molar-refractivity contribution in [3.05, 3.63) is 22.7 Å². The highest BCUT2D eigenvalue weighted by Gasteiger charge is 2.33. The summed E-state index contributed by atoms with van der Waals surface area (Å²) in [5.41, 5.74) is 7.79. The summed E-state index contributed by atoms with van der Waals surface area (Å²) in [7, 11) is 3.28. The van der Waals surface area contributed by atoms with E-state index in [4.69, 9.17) is 15.2 Å². The number of hydrogen-bond donors (Lipinski definition) is 2. The van der Waals surface area contributed by atoms with Gasteiger partial charge in [-0.1, -0.05) is 15.9 Å². The second-order valence-corrected chi connectivity index (χ2v) is 4.66. The first-order valence-corrected chi connectivity index (χ1v) is 6.09. The average Bonchev–Trinajstić information content (AvgIpc) is 2.36. The van der Waals surface area contributed by atoms with Crippen LogP contribution in [0.15, 0.2) is 22.7 Å². The molecule has 1 aromatic carbocycles. The van der Waals surface area contributed by atoms with E-state index in [0.717, 1.165) is 15.8 Å². The second-order valence-electron chi connectivity index (χ2n) is 3.74. The van der Waals surface area contributed by atoms with Crippen LogP contribution in [-0.4, -0.2) is 33.3 Å². The standard InChI is InChI=1S/C11H16BrN3O2/c1-16-10-11(17-2)15(6-13)9-5-7(12)3-4-8(9)14-10/h3-5,10-11,14H,6,13H2,1-2H3. The van der Waals surface area contributed by atoms with Crippen molar-refractivity contribution in [3.63, 3.8) is 0 Å². The molecule has 0 aliphatic carbocycles. The molecule has 17 heavy (non-hydrogen) atoms. The summed E-state index contributed by atoms with van der Waals surface area (Å²) >= 11 is 3.45. The molecule has 3 N–H and O–H groups in total. The Kier molecular flexibility index (Phi) is 3.88. The summed E-state index contributed by atoms with van der Waals surface area (Å²) < 4.78 is 11.8. The fourth-order valence-corrected chi connectivity index (χ4v) is 2.37. The molecule has 5 nitrogen and oxygen atoms in total. The highest BCUT2D eigenvalue weighted by atomic mass is 79.9. The number of ether oxygens (including phenoxy) is 2. The third-order valence-electron chi connectivity index (χ3n) is 2.83. The summed E-state index contributed by atoms with van der Waals surface area (Å²) in [5.74, 6) is 0. The van der Waals surface area contributed by atoms with Gasteiger partial charge >= 0.3 is 0 Å². The number of fused-ring (bicyclic) bond motifs is 1. The van der Waals surface area contributed by atoms with Gasteiger partial charge in [-0.25, -0.2) is 0 Å². The molecule has 0 aromatic heterocycles. The van der Waals surface area contributed by atoms with Gasteiger partial charge in [-0.15, -0.1) is 0 Å². The number of hydrogen-bond acceptors (Lipinski definition) is 5. The normalized spacial score (nSPS) is 23.2. The van der Waals surface area contributed by atoms with Crippen LogP contribution in [0.3, 0.4) is 0 Å². The van der Waals surface area contributed by atoms with E-state index in [1.807, 2.05) is 23.1 Å². The number of nitrogens with zero attached hydrogens (tertiary/aromatic N) is 1. The van der Waals surface area contributed by atoms with E-state index in [1.54, 1.807) is 14.2 Å². The SMILES string of the molecule is COC1Nc2ccc(Br)cc2N(CN)C1OC. The van der Waals surface area contributed by atoms with Gasteiger partial charge in [0.05, 0.1) is 18.0 Å². The molecule has 0 radical (unpaired) electrons. The summed E-state index contributed by atoms with van der Waals surface area (Å²) in [4.78, 5) is 1.96. The minimum absolute atomic E-state index is 0.239. The van der Waals surface area contributed by atoms with Crippen molar-refractivity contribution < 1.29 is 9.47 Å². The maximum absolute atomic E-state index is 5.80. The smallest absolute Gasteiger partial charge is 0.176 e. The Labute approximate surface area is 109 Å².